The summed E-state index contributed by atoms with van der Waals surface area (Å²) in [7, 11) is 1.29. The van der Waals surface area contributed by atoms with Crippen LogP contribution in [0.3, 0.4) is 0 Å². The molecule has 2 aromatic carbocycles. The summed E-state index contributed by atoms with van der Waals surface area (Å²) in [5.74, 6) is -0.721. The molecule has 0 saturated carbocycles. The minimum atomic E-state index is -1.72. The van der Waals surface area contributed by atoms with Crippen molar-refractivity contribution in [1.82, 2.24) is 0 Å². The molecule has 170 valence electrons. The Kier molecular flexibility index (Phi) is 6.04. The van der Waals surface area contributed by atoms with E-state index >= 15 is 0 Å². The van der Waals surface area contributed by atoms with Crippen molar-refractivity contribution in [2.24, 2.45) is 0 Å². The molecule has 1 saturated heterocycles. The number of aromatic hydroxyl groups is 1. The zero-order valence-corrected chi connectivity index (χ0v) is 16.9. The quantitative estimate of drug-likeness (QED) is 0.370. The van der Waals surface area contributed by atoms with Crippen molar-refractivity contribution in [3.05, 3.63) is 52.7 Å². The first kappa shape index (κ1) is 22.1. The molecule has 10 nitrogen and oxygen atoms in total. The highest BCUT2D eigenvalue weighted by Crippen LogP contribution is 2.43. The molecular formula is C22H22O10. The van der Waals surface area contributed by atoms with Crippen LogP contribution in [0.4, 0.5) is 0 Å². The highest BCUT2D eigenvalue weighted by molar-refractivity contribution is 5.89. The second-order valence-corrected chi connectivity index (χ2v) is 7.29. The van der Waals surface area contributed by atoms with Gasteiger partial charge in [-0.1, -0.05) is 30.3 Å². The lowest BCUT2D eigenvalue weighted by atomic mass is 9.99. The summed E-state index contributed by atoms with van der Waals surface area (Å²) in [6.07, 6.45) is -7.78. The summed E-state index contributed by atoms with van der Waals surface area (Å²) in [5, 5.41) is 50.1. The second kappa shape index (κ2) is 8.77. The van der Waals surface area contributed by atoms with Crippen LogP contribution in [-0.2, 0) is 4.74 Å². The predicted octanol–water partition coefficient (Wildman–Crippen LogP) is 0.353. The fourth-order valence-corrected chi connectivity index (χ4v) is 3.55. The standard InChI is InChI=1S/C22H22O10/c1-29-14-8-13-16(11(24)7-12(30-13)10-5-3-2-4-6-10)18(26)21(14)32-22-20(28)19(27)17(25)15(9-23)31-22/h2-8,15,17,19-20,22-23,25-28H,9H2,1H3. The van der Waals surface area contributed by atoms with Crippen LogP contribution in [0, 0.1) is 0 Å². The maximum absolute atomic E-state index is 12.8. The van der Waals surface area contributed by atoms with E-state index < -0.39 is 48.5 Å². The molecular weight excluding hydrogens is 424 g/mol. The third-order valence-corrected chi connectivity index (χ3v) is 5.27. The molecule has 0 aliphatic carbocycles. The molecule has 32 heavy (non-hydrogen) atoms. The third-order valence-electron chi connectivity index (χ3n) is 5.27. The minimum Gasteiger partial charge on any atom is -0.504 e. The van der Waals surface area contributed by atoms with Crippen molar-refractivity contribution in [2.45, 2.75) is 30.7 Å². The van der Waals surface area contributed by atoms with Gasteiger partial charge in [-0.15, -0.1) is 0 Å². The number of hydrogen-bond donors (Lipinski definition) is 5. The average Bonchev–Trinajstić information content (AvgIpc) is 2.80. The highest BCUT2D eigenvalue weighted by Gasteiger charge is 2.45. The first-order valence-corrected chi connectivity index (χ1v) is 9.76. The molecule has 0 radical (unpaired) electrons. The van der Waals surface area contributed by atoms with E-state index in [1.165, 1.54) is 19.2 Å². The topological polar surface area (TPSA) is 159 Å². The van der Waals surface area contributed by atoms with Crippen LogP contribution >= 0.6 is 0 Å². The van der Waals surface area contributed by atoms with Crippen LogP contribution in [0.25, 0.3) is 22.3 Å². The molecule has 5 atom stereocenters. The van der Waals surface area contributed by atoms with Gasteiger partial charge < -0.3 is 44.2 Å². The lowest BCUT2D eigenvalue weighted by Crippen LogP contribution is -2.60. The van der Waals surface area contributed by atoms with Crippen LogP contribution in [0.5, 0.6) is 17.2 Å². The van der Waals surface area contributed by atoms with E-state index in [-0.39, 0.29) is 28.2 Å². The number of phenols is 1. The summed E-state index contributed by atoms with van der Waals surface area (Å²) in [4.78, 5) is 12.8. The lowest BCUT2D eigenvalue weighted by Gasteiger charge is -2.39. The number of fused-ring (bicyclic) bond motifs is 1. The first-order chi connectivity index (χ1) is 15.3. The number of benzene rings is 2. The van der Waals surface area contributed by atoms with Gasteiger partial charge in [0.05, 0.1) is 13.7 Å². The maximum Gasteiger partial charge on any atom is 0.229 e. The van der Waals surface area contributed by atoms with Crippen molar-refractivity contribution in [3.8, 4) is 28.6 Å². The summed E-state index contributed by atoms with van der Waals surface area (Å²) in [6, 6.07) is 11.5. The van der Waals surface area contributed by atoms with Crippen molar-refractivity contribution < 1.29 is 44.2 Å². The Morgan fingerprint density at radius 2 is 1.75 bits per heavy atom. The Morgan fingerprint density at radius 1 is 1.03 bits per heavy atom. The van der Waals surface area contributed by atoms with Gasteiger partial charge in [-0.3, -0.25) is 4.79 Å². The molecule has 3 aromatic rings. The second-order valence-electron chi connectivity index (χ2n) is 7.29. The summed E-state index contributed by atoms with van der Waals surface area (Å²) < 4.78 is 21.9. The van der Waals surface area contributed by atoms with Crippen LogP contribution in [-0.4, -0.2) is 70.0 Å². The number of phenolic OH excluding ortho intramolecular Hbond substituents is 1. The predicted molar refractivity (Wildman–Crippen MR) is 111 cm³/mol. The Bertz CT molecular complexity index is 1160. The summed E-state index contributed by atoms with van der Waals surface area (Å²) in [6.45, 7) is -0.655. The number of rotatable bonds is 5. The molecule has 1 fully saturated rings. The SMILES string of the molecule is COc1cc2oc(-c3ccccc3)cc(=O)c2c(O)c1OC1OC(CO)C(O)C(O)C1O. The molecule has 2 heterocycles. The zero-order valence-electron chi connectivity index (χ0n) is 16.9. The van der Waals surface area contributed by atoms with Crippen LogP contribution < -0.4 is 14.9 Å². The molecule has 1 aliphatic heterocycles. The third kappa shape index (κ3) is 3.78. The Morgan fingerprint density at radius 3 is 2.41 bits per heavy atom. The van der Waals surface area contributed by atoms with Gasteiger partial charge in [0.1, 0.15) is 41.1 Å². The molecule has 10 heteroatoms. The molecule has 1 aromatic heterocycles. The normalized spacial score (nSPS) is 25.6. The van der Waals surface area contributed by atoms with Crippen molar-refractivity contribution in [2.75, 3.05) is 13.7 Å². The number of methoxy groups -OCH3 is 1. The summed E-state index contributed by atoms with van der Waals surface area (Å²) in [5.41, 5.74) is 0.141. The van der Waals surface area contributed by atoms with Crippen molar-refractivity contribution >= 4 is 11.0 Å². The Hall–Kier alpha value is -3.15. The van der Waals surface area contributed by atoms with E-state index in [1.54, 1.807) is 24.3 Å². The fraction of sp³-hybridized carbons (Fsp3) is 0.318. The average molecular weight is 446 g/mol. The molecule has 0 amide bonds. The van der Waals surface area contributed by atoms with Gasteiger partial charge in [-0.05, 0) is 0 Å². The van der Waals surface area contributed by atoms with Gasteiger partial charge in [0.15, 0.2) is 16.9 Å². The largest absolute Gasteiger partial charge is 0.504 e. The van der Waals surface area contributed by atoms with Crippen molar-refractivity contribution in [3.63, 3.8) is 0 Å². The maximum atomic E-state index is 12.8. The van der Waals surface area contributed by atoms with Gasteiger partial charge in [0, 0.05) is 17.7 Å². The van der Waals surface area contributed by atoms with Crippen molar-refractivity contribution in [1.29, 1.82) is 0 Å². The van der Waals surface area contributed by atoms with Crippen LogP contribution in [0.15, 0.2) is 51.7 Å². The molecule has 5 N–H and O–H groups in total. The summed E-state index contributed by atoms with van der Waals surface area (Å²) >= 11 is 0. The van der Waals surface area contributed by atoms with Gasteiger partial charge in [-0.2, -0.15) is 0 Å². The molecule has 0 bridgehead atoms. The van der Waals surface area contributed by atoms with Gasteiger partial charge >= 0.3 is 0 Å². The lowest BCUT2D eigenvalue weighted by molar-refractivity contribution is -0.277. The number of hydrogen-bond acceptors (Lipinski definition) is 10. The van der Waals surface area contributed by atoms with E-state index in [4.69, 9.17) is 18.6 Å². The number of aliphatic hydroxyl groups is 4. The van der Waals surface area contributed by atoms with E-state index in [9.17, 15) is 30.3 Å². The Balaban J connectivity index is 1.78. The van der Waals surface area contributed by atoms with Crippen LogP contribution in [0.1, 0.15) is 0 Å². The van der Waals surface area contributed by atoms with E-state index in [0.717, 1.165) is 0 Å². The molecule has 5 unspecified atom stereocenters. The fourth-order valence-electron chi connectivity index (χ4n) is 3.55. The van der Waals surface area contributed by atoms with Gasteiger partial charge in [0.2, 0.25) is 12.0 Å². The molecule has 4 rings (SSSR count). The number of aliphatic hydroxyl groups excluding tert-OH is 4. The van der Waals surface area contributed by atoms with E-state index in [1.807, 2.05) is 6.07 Å². The smallest absolute Gasteiger partial charge is 0.229 e. The van der Waals surface area contributed by atoms with Gasteiger partial charge in [-0.25, -0.2) is 0 Å². The van der Waals surface area contributed by atoms with E-state index in [0.29, 0.717) is 5.56 Å². The molecule has 0 spiro atoms. The van der Waals surface area contributed by atoms with E-state index in [2.05, 4.69) is 0 Å². The molecule has 1 aliphatic rings. The number of ether oxygens (including phenoxy) is 3. The monoisotopic (exact) mass is 446 g/mol. The first-order valence-electron chi connectivity index (χ1n) is 9.76. The Labute approximate surface area is 181 Å². The zero-order chi connectivity index (χ0) is 23.0. The van der Waals surface area contributed by atoms with Crippen LogP contribution in [0.2, 0.25) is 0 Å². The van der Waals surface area contributed by atoms with Gasteiger partial charge in [0.25, 0.3) is 0 Å². The minimum absolute atomic E-state index is 0.0341. The highest BCUT2D eigenvalue weighted by atomic mass is 16.7.